The van der Waals surface area contributed by atoms with Gasteiger partial charge in [-0.05, 0) is 45.1 Å². The highest BCUT2D eigenvalue weighted by Crippen LogP contribution is 2.25. The summed E-state index contributed by atoms with van der Waals surface area (Å²) in [6.45, 7) is 3.87. The zero-order valence-corrected chi connectivity index (χ0v) is 12.9. The van der Waals surface area contributed by atoms with Crippen molar-refractivity contribution in [1.82, 2.24) is 15.3 Å². The summed E-state index contributed by atoms with van der Waals surface area (Å²) < 4.78 is 0. The lowest BCUT2D eigenvalue weighted by atomic mass is 9.95. The Balaban J connectivity index is 1.75. The van der Waals surface area contributed by atoms with Crippen LogP contribution in [0.4, 0.5) is 0 Å². The van der Waals surface area contributed by atoms with Crippen molar-refractivity contribution in [2.24, 2.45) is 5.73 Å². The van der Waals surface area contributed by atoms with Gasteiger partial charge in [0.25, 0.3) is 0 Å². The average molecular weight is 294 g/mol. The van der Waals surface area contributed by atoms with Crippen LogP contribution in [0.5, 0.6) is 0 Å². The molecule has 1 unspecified atom stereocenters. The highest BCUT2D eigenvalue weighted by atomic mass is 32.2. The Kier molecular flexibility index (Phi) is 4.99. The third kappa shape index (κ3) is 4.45. The van der Waals surface area contributed by atoms with Crippen molar-refractivity contribution in [1.29, 1.82) is 0 Å². The number of amides is 1. The van der Waals surface area contributed by atoms with Crippen LogP contribution in [-0.2, 0) is 4.79 Å². The minimum atomic E-state index is -0.587. The standard InChI is InChI=1S/C14H22N4OS/c1-10-8-16-13(17-9-10)20-7-3-6-14(2,12(15)19)18-11-4-5-11/h8-9,11,18H,3-7H2,1-2H3,(H2,15,19). The van der Waals surface area contributed by atoms with Gasteiger partial charge in [0.15, 0.2) is 5.16 Å². The first-order valence-electron chi connectivity index (χ1n) is 6.99. The van der Waals surface area contributed by atoms with E-state index >= 15 is 0 Å². The molecule has 1 heterocycles. The molecule has 6 heteroatoms. The molecule has 0 radical (unpaired) electrons. The summed E-state index contributed by atoms with van der Waals surface area (Å²) in [7, 11) is 0. The van der Waals surface area contributed by atoms with Crippen molar-refractivity contribution < 1.29 is 4.79 Å². The Morgan fingerprint density at radius 1 is 1.50 bits per heavy atom. The highest BCUT2D eigenvalue weighted by Gasteiger charge is 2.36. The smallest absolute Gasteiger partial charge is 0.237 e. The molecule has 1 saturated carbocycles. The molecule has 0 aliphatic heterocycles. The number of hydrogen-bond donors (Lipinski definition) is 2. The lowest BCUT2D eigenvalue weighted by Gasteiger charge is -2.27. The van der Waals surface area contributed by atoms with Gasteiger partial charge < -0.3 is 11.1 Å². The second kappa shape index (κ2) is 6.54. The van der Waals surface area contributed by atoms with Gasteiger partial charge in [-0.25, -0.2) is 9.97 Å². The van der Waals surface area contributed by atoms with Crippen molar-refractivity contribution in [3.05, 3.63) is 18.0 Å². The van der Waals surface area contributed by atoms with E-state index in [4.69, 9.17) is 5.73 Å². The second-order valence-electron chi connectivity index (χ2n) is 5.61. The largest absolute Gasteiger partial charge is 0.368 e. The van der Waals surface area contributed by atoms with Gasteiger partial charge in [-0.2, -0.15) is 0 Å². The zero-order chi connectivity index (χ0) is 14.6. The Morgan fingerprint density at radius 2 is 2.15 bits per heavy atom. The molecule has 3 N–H and O–H groups in total. The van der Waals surface area contributed by atoms with Crippen LogP contribution in [0.25, 0.3) is 0 Å². The molecule has 1 amide bonds. The summed E-state index contributed by atoms with van der Waals surface area (Å²) in [5, 5.41) is 4.14. The topological polar surface area (TPSA) is 80.9 Å². The van der Waals surface area contributed by atoms with Gasteiger partial charge in [0.05, 0.1) is 5.54 Å². The molecular weight excluding hydrogens is 272 g/mol. The van der Waals surface area contributed by atoms with E-state index in [1.165, 1.54) is 0 Å². The molecule has 1 aromatic rings. The van der Waals surface area contributed by atoms with Gasteiger partial charge in [0.1, 0.15) is 0 Å². The van der Waals surface area contributed by atoms with Gasteiger partial charge in [0, 0.05) is 24.2 Å². The molecule has 1 aliphatic rings. The SMILES string of the molecule is Cc1cnc(SCCCC(C)(NC2CC2)C(N)=O)nc1. The van der Waals surface area contributed by atoms with Crippen LogP contribution < -0.4 is 11.1 Å². The number of carbonyl (C=O) groups is 1. The fourth-order valence-electron chi connectivity index (χ4n) is 1.99. The number of nitrogens with two attached hydrogens (primary N) is 1. The minimum Gasteiger partial charge on any atom is -0.368 e. The van der Waals surface area contributed by atoms with Gasteiger partial charge in [0.2, 0.25) is 5.91 Å². The van der Waals surface area contributed by atoms with E-state index in [-0.39, 0.29) is 5.91 Å². The van der Waals surface area contributed by atoms with Crippen LogP contribution in [0, 0.1) is 6.92 Å². The normalized spacial score (nSPS) is 17.7. The highest BCUT2D eigenvalue weighted by molar-refractivity contribution is 7.99. The van der Waals surface area contributed by atoms with E-state index in [9.17, 15) is 4.79 Å². The van der Waals surface area contributed by atoms with Crippen LogP contribution in [0.15, 0.2) is 17.6 Å². The lowest BCUT2D eigenvalue weighted by molar-refractivity contribution is -0.124. The van der Waals surface area contributed by atoms with E-state index in [2.05, 4.69) is 15.3 Å². The third-order valence-corrected chi connectivity index (χ3v) is 4.42. The molecule has 0 spiro atoms. The molecule has 20 heavy (non-hydrogen) atoms. The first-order valence-corrected chi connectivity index (χ1v) is 7.97. The molecule has 1 fully saturated rings. The van der Waals surface area contributed by atoms with Crippen LogP contribution >= 0.6 is 11.8 Å². The summed E-state index contributed by atoms with van der Waals surface area (Å²) in [4.78, 5) is 20.1. The maximum Gasteiger partial charge on any atom is 0.237 e. The number of nitrogens with zero attached hydrogens (tertiary/aromatic N) is 2. The van der Waals surface area contributed by atoms with Crippen LogP contribution in [0.1, 0.15) is 38.2 Å². The first kappa shape index (κ1) is 15.3. The number of aromatic nitrogens is 2. The maximum atomic E-state index is 11.6. The molecule has 5 nitrogen and oxygen atoms in total. The lowest BCUT2D eigenvalue weighted by Crippen LogP contribution is -2.54. The van der Waals surface area contributed by atoms with Gasteiger partial charge in [-0.15, -0.1) is 0 Å². The summed E-state index contributed by atoms with van der Waals surface area (Å²) in [5.41, 5.74) is 6.00. The van der Waals surface area contributed by atoms with E-state index < -0.39 is 5.54 Å². The Morgan fingerprint density at radius 3 is 2.70 bits per heavy atom. The van der Waals surface area contributed by atoms with Crippen molar-refractivity contribution in [3.8, 4) is 0 Å². The number of aryl methyl sites for hydroxylation is 1. The van der Waals surface area contributed by atoms with E-state index in [1.54, 1.807) is 11.8 Å². The van der Waals surface area contributed by atoms with Crippen molar-refractivity contribution in [2.45, 2.75) is 56.3 Å². The first-order chi connectivity index (χ1) is 9.49. The van der Waals surface area contributed by atoms with Gasteiger partial charge >= 0.3 is 0 Å². The third-order valence-electron chi connectivity index (χ3n) is 3.45. The Hall–Kier alpha value is -1.14. The van der Waals surface area contributed by atoms with E-state index in [0.29, 0.717) is 6.04 Å². The molecule has 1 aromatic heterocycles. The Bertz CT molecular complexity index is 461. The Labute approximate surface area is 124 Å². The molecule has 0 bridgehead atoms. The molecule has 110 valence electrons. The molecule has 1 atom stereocenters. The predicted octanol–water partition coefficient (Wildman–Crippen LogP) is 1.65. The van der Waals surface area contributed by atoms with Crippen LogP contribution in [0.2, 0.25) is 0 Å². The van der Waals surface area contributed by atoms with Crippen LogP contribution in [-0.4, -0.2) is 33.2 Å². The van der Waals surface area contributed by atoms with Gasteiger partial charge in [-0.1, -0.05) is 11.8 Å². The van der Waals surface area contributed by atoms with Crippen molar-refractivity contribution in [2.75, 3.05) is 5.75 Å². The maximum absolute atomic E-state index is 11.6. The fraction of sp³-hybridized carbons (Fsp3) is 0.643. The summed E-state index contributed by atoms with van der Waals surface area (Å²) in [5.74, 6) is 0.624. The monoisotopic (exact) mass is 294 g/mol. The van der Waals surface area contributed by atoms with Crippen molar-refractivity contribution in [3.63, 3.8) is 0 Å². The summed E-state index contributed by atoms with van der Waals surface area (Å²) in [6, 6.07) is 0.473. The molecular formula is C14H22N4OS. The second-order valence-corrected chi connectivity index (χ2v) is 6.67. The fourth-order valence-corrected chi connectivity index (χ4v) is 2.71. The van der Waals surface area contributed by atoms with E-state index in [1.807, 2.05) is 26.2 Å². The minimum absolute atomic E-state index is 0.263. The number of primary amides is 1. The van der Waals surface area contributed by atoms with Gasteiger partial charge in [-0.3, -0.25) is 4.79 Å². The summed E-state index contributed by atoms with van der Waals surface area (Å²) >= 11 is 1.61. The number of carbonyl (C=O) groups excluding carboxylic acids is 1. The zero-order valence-electron chi connectivity index (χ0n) is 12.1. The number of hydrogen-bond acceptors (Lipinski definition) is 5. The number of nitrogens with one attached hydrogen (secondary N) is 1. The number of rotatable bonds is 8. The number of thioether (sulfide) groups is 1. The average Bonchev–Trinajstić information content (AvgIpc) is 3.20. The molecule has 0 saturated heterocycles. The van der Waals surface area contributed by atoms with Crippen LogP contribution in [0.3, 0.4) is 0 Å². The van der Waals surface area contributed by atoms with E-state index in [0.717, 1.165) is 42.2 Å². The summed E-state index contributed by atoms with van der Waals surface area (Å²) in [6.07, 6.45) is 7.58. The van der Waals surface area contributed by atoms with Crippen molar-refractivity contribution >= 4 is 17.7 Å². The molecule has 1 aliphatic carbocycles. The predicted molar refractivity (Wildman–Crippen MR) is 80.5 cm³/mol. The molecule has 0 aromatic carbocycles. The molecule has 2 rings (SSSR count). The quantitative estimate of drug-likeness (QED) is 0.433.